The fourth-order valence-corrected chi connectivity index (χ4v) is 1.88. The molecule has 5 nitrogen and oxygen atoms in total. The summed E-state index contributed by atoms with van der Waals surface area (Å²) >= 11 is 0. The van der Waals surface area contributed by atoms with Crippen LogP contribution in [0.4, 0.5) is 8.78 Å². The van der Waals surface area contributed by atoms with Gasteiger partial charge in [0.2, 0.25) is 5.91 Å². The summed E-state index contributed by atoms with van der Waals surface area (Å²) in [4.78, 5) is 18.7. The summed E-state index contributed by atoms with van der Waals surface area (Å²) in [5.74, 6) is 0.312. The number of aromatic amines is 1. The van der Waals surface area contributed by atoms with E-state index < -0.39 is 6.61 Å². The van der Waals surface area contributed by atoms with Gasteiger partial charge in [-0.15, -0.1) is 0 Å². The smallest absolute Gasteiger partial charge is 0.387 e. The highest BCUT2D eigenvalue weighted by molar-refractivity contribution is 5.95. The molecule has 0 saturated carbocycles. The van der Waals surface area contributed by atoms with Gasteiger partial charge in [-0.05, 0) is 18.6 Å². The second-order valence-electron chi connectivity index (χ2n) is 4.46. The second kappa shape index (κ2) is 7.35. The van der Waals surface area contributed by atoms with Crippen LogP contribution in [0.2, 0.25) is 0 Å². The number of ether oxygens (including phenoxy) is 1. The highest BCUT2D eigenvalue weighted by Gasteiger charge is 2.11. The van der Waals surface area contributed by atoms with Gasteiger partial charge >= 0.3 is 6.61 Å². The minimum Gasteiger partial charge on any atom is -0.434 e. The van der Waals surface area contributed by atoms with E-state index in [0.717, 1.165) is 0 Å². The van der Waals surface area contributed by atoms with Gasteiger partial charge in [-0.3, -0.25) is 4.79 Å². The molecule has 2 N–H and O–H groups in total. The van der Waals surface area contributed by atoms with Crippen molar-refractivity contribution in [3.05, 3.63) is 54.1 Å². The van der Waals surface area contributed by atoms with E-state index in [2.05, 4.69) is 20.0 Å². The van der Waals surface area contributed by atoms with Crippen LogP contribution in [0.5, 0.6) is 5.75 Å². The van der Waals surface area contributed by atoms with Crippen molar-refractivity contribution < 1.29 is 18.3 Å². The number of amides is 1. The number of H-pyrrole nitrogens is 1. The first-order chi connectivity index (χ1) is 10.6. The van der Waals surface area contributed by atoms with Crippen molar-refractivity contribution in [2.45, 2.75) is 20.1 Å². The molecule has 22 heavy (non-hydrogen) atoms. The monoisotopic (exact) mass is 307 g/mol. The van der Waals surface area contributed by atoms with Crippen molar-refractivity contribution in [3.8, 4) is 5.75 Å². The predicted octanol–water partition coefficient (Wildman–Crippen LogP) is 2.73. The number of benzene rings is 1. The number of hydrogen-bond acceptors (Lipinski definition) is 3. The van der Waals surface area contributed by atoms with Crippen LogP contribution in [-0.2, 0) is 11.3 Å². The van der Waals surface area contributed by atoms with Gasteiger partial charge in [0.25, 0.3) is 0 Å². The fraction of sp³-hybridized carbons (Fsp3) is 0.200. The highest BCUT2D eigenvalue weighted by Crippen LogP contribution is 2.26. The summed E-state index contributed by atoms with van der Waals surface area (Å²) < 4.78 is 29.2. The van der Waals surface area contributed by atoms with Crippen molar-refractivity contribution in [1.29, 1.82) is 0 Å². The molecule has 0 bridgehead atoms. The molecule has 0 atom stereocenters. The van der Waals surface area contributed by atoms with E-state index in [0.29, 0.717) is 17.0 Å². The first-order valence-corrected chi connectivity index (χ1v) is 6.55. The predicted molar refractivity (Wildman–Crippen MR) is 77.2 cm³/mol. The molecule has 0 aliphatic heterocycles. The van der Waals surface area contributed by atoms with Crippen LogP contribution >= 0.6 is 0 Å². The van der Waals surface area contributed by atoms with E-state index in [1.165, 1.54) is 12.1 Å². The van der Waals surface area contributed by atoms with Crippen LogP contribution in [0, 0.1) is 0 Å². The van der Waals surface area contributed by atoms with E-state index in [9.17, 15) is 13.6 Å². The van der Waals surface area contributed by atoms with Gasteiger partial charge in [0.05, 0.1) is 6.54 Å². The zero-order valence-electron chi connectivity index (χ0n) is 11.8. The minimum absolute atomic E-state index is 0.0325. The Labute approximate surface area is 126 Å². The third-order valence-electron chi connectivity index (χ3n) is 2.86. The van der Waals surface area contributed by atoms with Gasteiger partial charge < -0.3 is 15.0 Å². The lowest BCUT2D eigenvalue weighted by Crippen LogP contribution is -2.21. The first-order valence-electron chi connectivity index (χ1n) is 6.55. The topological polar surface area (TPSA) is 67.0 Å². The summed E-state index contributed by atoms with van der Waals surface area (Å²) in [7, 11) is 0. The molecule has 0 unspecified atom stereocenters. The van der Waals surface area contributed by atoms with E-state index in [1.807, 2.05) is 0 Å². The normalized spacial score (nSPS) is 11.5. The molecule has 2 aromatic rings. The van der Waals surface area contributed by atoms with E-state index in [4.69, 9.17) is 0 Å². The molecule has 116 valence electrons. The lowest BCUT2D eigenvalue weighted by molar-refractivity contribution is -0.116. The second-order valence-corrected chi connectivity index (χ2v) is 4.46. The molecule has 0 aliphatic carbocycles. The molecule has 0 radical (unpaired) electrons. The average molecular weight is 307 g/mol. The molecule has 2 rings (SSSR count). The van der Waals surface area contributed by atoms with Gasteiger partial charge in [-0.2, -0.15) is 8.78 Å². The number of nitrogens with zero attached hydrogens (tertiary/aromatic N) is 1. The summed E-state index contributed by atoms with van der Waals surface area (Å²) in [6.45, 7) is -1.01. The molecule has 0 spiro atoms. The Kier molecular flexibility index (Phi) is 5.24. The van der Waals surface area contributed by atoms with Crippen LogP contribution in [0.3, 0.4) is 0 Å². The Morgan fingerprint density at radius 1 is 1.45 bits per heavy atom. The summed E-state index contributed by atoms with van der Waals surface area (Å²) in [6, 6.07) is 6.32. The Balaban J connectivity index is 2.06. The zero-order chi connectivity index (χ0) is 15.9. The lowest BCUT2D eigenvalue weighted by Gasteiger charge is -2.10. The molecule has 0 aliphatic rings. The third kappa shape index (κ3) is 4.41. The van der Waals surface area contributed by atoms with Crippen LogP contribution in [0.1, 0.15) is 18.3 Å². The van der Waals surface area contributed by atoms with Crippen LogP contribution < -0.4 is 10.1 Å². The number of aromatic nitrogens is 2. The quantitative estimate of drug-likeness (QED) is 0.806. The third-order valence-corrected chi connectivity index (χ3v) is 2.86. The number of allylic oxidation sites excluding steroid dienone is 1. The van der Waals surface area contributed by atoms with E-state index in [1.54, 1.807) is 37.5 Å². The highest BCUT2D eigenvalue weighted by atomic mass is 19.3. The largest absolute Gasteiger partial charge is 0.434 e. The number of carbonyl (C=O) groups is 1. The maximum atomic E-state index is 12.4. The SMILES string of the molecule is CC(=CC(=O)NCc1ncc[nH]1)c1ccccc1OC(F)F. The van der Waals surface area contributed by atoms with Crippen LogP contribution in [0.15, 0.2) is 42.7 Å². The van der Waals surface area contributed by atoms with Gasteiger partial charge in [0.15, 0.2) is 0 Å². The number of rotatable bonds is 6. The molecule has 1 heterocycles. The van der Waals surface area contributed by atoms with Gasteiger partial charge in [0.1, 0.15) is 11.6 Å². The number of para-hydroxylation sites is 1. The molecule has 7 heteroatoms. The molecular weight excluding hydrogens is 292 g/mol. The molecular formula is C15H15F2N3O2. The molecule has 1 aromatic carbocycles. The molecule has 0 saturated heterocycles. The fourth-order valence-electron chi connectivity index (χ4n) is 1.88. The maximum absolute atomic E-state index is 12.4. The van der Waals surface area contributed by atoms with Crippen molar-refractivity contribution >= 4 is 11.5 Å². The standard InChI is InChI=1S/C15H15F2N3O2/c1-10(8-14(21)20-9-13-18-6-7-19-13)11-4-2-3-5-12(11)22-15(16)17/h2-8,15H,9H2,1H3,(H,18,19)(H,20,21). The summed E-state index contributed by atoms with van der Waals surface area (Å²) in [5.41, 5.74) is 0.962. The number of imidazole rings is 1. The first kappa shape index (κ1) is 15.7. The molecule has 1 amide bonds. The van der Waals surface area contributed by atoms with Gasteiger partial charge in [-0.25, -0.2) is 4.98 Å². The van der Waals surface area contributed by atoms with Gasteiger partial charge in [-0.1, -0.05) is 18.2 Å². The number of nitrogens with one attached hydrogen (secondary N) is 2. The van der Waals surface area contributed by atoms with Crippen LogP contribution in [0.25, 0.3) is 5.57 Å². The summed E-state index contributed by atoms with van der Waals surface area (Å²) in [5, 5.41) is 2.65. The Bertz CT molecular complexity index is 655. The molecule has 0 fully saturated rings. The van der Waals surface area contributed by atoms with E-state index >= 15 is 0 Å². The average Bonchev–Trinajstić information content (AvgIpc) is 2.98. The number of hydrogen-bond donors (Lipinski definition) is 2. The van der Waals surface area contributed by atoms with E-state index in [-0.39, 0.29) is 18.2 Å². The van der Waals surface area contributed by atoms with Crippen molar-refractivity contribution in [3.63, 3.8) is 0 Å². The Hall–Kier alpha value is -2.70. The maximum Gasteiger partial charge on any atom is 0.387 e. The number of alkyl halides is 2. The zero-order valence-corrected chi connectivity index (χ0v) is 11.8. The Morgan fingerprint density at radius 2 is 2.23 bits per heavy atom. The minimum atomic E-state index is -2.92. The van der Waals surface area contributed by atoms with Crippen molar-refractivity contribution in [2.75, 3.05) is 0 Å². The number of carbonyl (C=O) groups excluding carboxylic acids is 1. The van der Waals surface area contributed by atoms with Crippen molar-refractivity contribution in [1.82, 2.24) is 15.3 Å². The van der Waals surface area contributed by atoms with Crippen molar-refractivity contribution in [2.24, 2.45) is 0 Å². The number of halogens is 2. The lowest BCUT2D eigenvalue weighted by atomic mass is 10.1. The molecule has 1 aromatic heterocycles. The van der Waals surface area contributed by atoms with Crippen LogP contribution in [-0.4, -0.2) is 22.5 Å². The summed E-state index contributed by atoms with van der Waals surface area (Å²) in [6.07, 6.45) is 4.57. The Morgan fingerprint density at radius 3 is 2.91 bits per heavy atom. The van der Waals surface area contributed by atoms with Gasteiger partial charge in [0, 0.05) is 24.0 Å².